The van der Waals surface area contributed by atoms with Crippen LogP contribution < -0.4 is 74.0 Å². The summed E-state index contributed by atoms with van der Waals surface area (Å²) in [5.74, 6) is -0.208. The minimum atomic E-state index is -0.208. The molecular formula is C7H4CsNO. The Kier molecular flexibility index (Phi) is 5.54. The van der Waals surface area contributed by atoms with Gasteiger partial charge in [0.1, 0.15) is 0 Å². The summed E-state index contributed by atoms with van der Waals surface area (Å²) in [4.78, 5) is 0. The maximum Gasteiger partial charge on any atom is 1.00 e. The first kappa shape index (κ1) is 10.6. The summed E-state index contributed by atoms with van der Waals surface area (Å²) >= 11 is 0. The fourth-order valence-corrected chi connectivity index (χ4v) is 0.559. The number of nitrogens with zero attached hydrogens (tertiary/aromatic N) is 1. The third-order valence-electron chi connectivity index (χ3n) is 1.01. The Morgan fingerprint density at radius 3 is 2.30 bits per heavy atom. The van der Waals surface area contributed by atoms with Crippen molar-refractivity contribution in [3.63, 3.8) is 0 Å². The van der Waals surface area contributed by atoms with Gasteiger partial charge in [-0.3, -0.25) is 0 Å². The first-order valence-electron chi connectivity index (χ1n) is 2.51. The Balaban J connectivity index is 0.000000810. The van der Waals surface area contributed by atoms with Gasteiger partial charge in [-0.15, -0.1) is 0 Å². The van der Waals surface area contributed by atoms with Gasteiger partial charge < -0.3 is 5.11 Å². The van der Waals surface area contributed by atoms with Crippen LogP contribution in [0.25, 0.3) is 0 Å². The van der Waals surface area contributed by atoms with Crippen LogP contribution in [0.3, 0.4) is 0 Å². The molecule has 0 N–H and O–H groups in total. The van der Waals surface area contributed by atoms with E-state index in [-0.39, 0.29) is 80.2 Å². The van der Waals surface area contributed by atoms with Gasteiger partial charge in [0.2, 0.25) is 0 Å². The van der Waals surface area contributed by atoms with E-state index in [1.807, 2.05) is 0 Å². The zero-order valence-corrected chi connectivity index (χ0v) is 11.9. The second-order valence-corrected chi connectivity index (χ2v) is 1.61. The molecule has 3 heteroatoms. The van der Waals surface area contributed by atoms with Crippen LogP contribution in [-0.4, -0.2) is 0 Å². The predicted molar refractivity (Wildman–Crippen MR) is 30.6 cm³/mol. The van der Waals surface area contributed by atoms with Gasteiger partial charge in [-0.25, -0.2) is 0 Å². The van der Waals surface area contributed by atoms with E-state index < -0.39 is 0 Å². The Bertz CT molecular complexity index is 254. The molecule has 0 saturated carbocycles. The molecule has 10 heavy (non-hydrogen) atoms. The summed E-state index contributed by atoms with van der Waals surface area (Å²) in [6.07, 6.45) is 0. The quantitative estimate of drug-likeness (QED) is 0.517. The van der Waals surface area contributed by atoms with Crippen molar-refractivity contribution < 1.29 is 74.0 Å². The van der Waals surface area contributed by atoms with Crippen LogP contribution in [0.4, 0.5) is 0 Å². The third kappa shape index (κ3) is 2.66. The third-order valence-corrected chi connectivity index (χ3v) is 1.01. The molecule has 1 aromatic carbocycles. The van der Waals surface area contributed by atoms with E-state index >= 15 is 0 Å². The number of hydrogen-bond donors (Lipinski definition) is 0. The van der Waals surface area contributed by atoms with E-state index in [1.54, 1.807) is 18.2 Å². The van der Waals surface area contributed by atoms with Crippen LogP contribution in [0.5, 0.6) is 5.75 Å². The van der Waals surface area contributed by atoms with Gasteiger partial charge in [0.15, 0.2) is 0 Å². The first-order valence-corrected chi connectivity index (χ1v) is 2.51. The van der Waals surface area contributed by atoms with Gasteiger partial charge in [-0.1, -0.05) is 23.9 Å². The summed E-state index contributed by atoms with van der Waals surface area (Å²) in [6, 6.07) is 7.94. The molecule has 2 nitrogen and oxygen atoms in total. The van der Waals surface area contributed by atoms with Gasteiger partial charge in [-0.05, 0) is 6.07 Å². The first-order chi connectivity index (χ1) is 4.34. The molecule has 0 bridgehead atoms. The van der Waals surface area contributed by atoms with E-state index in [4.69, 9.17) is 5.26 Å². The summed E-state index contributed by atoms with van der Waals surface area (Å²) in [6.45, 7) is 0. The molecule has 0 heterocycles. The van der Waals surface area contributed by atoms with Crippen molar-refractivity contribution in [3.05, 3.63) is 29.8 Å². The van der Waals surface area contributed by atoms with Crippen molar-refractivity contribution in [2.45, 2.75) is 0 Å². The molecule has 1 rings (SSSR count). The monoisotopic (exact) mass is 251 g/mol. The smallest absolute Gasteiger partial charge is 0.872 e. The average molecular weight is 251 g/mol. The molecule has 0 atom stereocenters. The molecule has 0 aromatic heterocycles. The van der Waals surface area contributed by atoms with Crippen LogP contribution in [0.2, 0.25) is 0 Å². The second kappa shape index (κ2) is 5.24. The molecule has 0 fully saturated rings. The standard InChI is InChI=1S/C7H5NO.Cs/c8-5-6-3-1-2-4-7(6)9;/h1-4,9H;/q;+1/p-1. The molecule has 1 aromatic rings. The van der Waals surface area contributed by atoms with Crippen molar-refractivity contribution in [3.8, 4) is 11.8 Å². The minimum Gasteiger partial charge on any atom is -0.872 e. The Hall–Kier alpha value is 0.562. The van der Waals surface area contributed by atoms with E-state index in [0.29, 0.717) is 0 Å². The van der Waals surface area contributed by atoms with Gasteiger partial charge in [-0.2, -0.15) is 5.26 Å². The zero-order chi connectivity index (χ0) is 6.69. The molecule has 0 unspecified atom stereocenters. The van der Waals surface area contributed by atoms with E-state index in [9.17, 15) is 5.11 Å². The molecule has 0 amide bonds. The number of para-hydroxylation sites is 1. The average Bonchev–Trinajstić information content (AvgIpc) is 1.89. The maximum atomic E-state index is 10.6. The Morgan fingerprint density at radius 2 is 1.90 bits per heavy atom. The zero-order valence-electron chi connectivity index (χ0n) is 5.66. The number of hydrogen-bond acceptors (Lipinski definition) is 2. The molecule has 0 aliphatic carbocycles. The summed E-state index contributed by atoms with van der Waals surface area (Å²) in [5, 5.41) is 18.9. The molecule has 0 saturated heterocycles. The van der Waals surface area contributed by atoms with Gasteiger partial charge in [0.25, 0.3) is 0 Å². The number of benzene rings is 1. The van der Waals surface area contributed by atoms with Crippen molar-refractivity contribution in [2.75, 3.05) is 0 Å². The van der Waals surface area contributed by atoms with Crippen LogP contribution in [0.1, 0.15) is 5.56 Å². The maximum absolute atomic E-state index is 10.6. The Labute approximate surface area is 118 Å². The van der Waals surface area contributed by atoms with Crippen LogP contribution in [-0.2, 0) is 0 Å². The normalized spacial score (nSPS) is 7.50. The van der Waals surface area contributed by atoms with Crippen molar-refractivity contribution in [1.82, 2.24) is 0 Å². The van der Waals surface area contributed by atoms with E-state index in [0.717, 1.165) is 0 Å². The summed E-state index contributed by atoms with van der Waals surface area (Å²) in [7, 11) is 0. The van der Waals surface area contributed by atoms with E-state index in [2.05, 4.69) is 0 Å². The minimum absolute atomic E-state index is 0. The Morgan fingerprint density at radius 1 is 1.30 bits per heavy atom. The van der Waals surface area contributed by atoms with E-state index in [1.165, 1.54) is 12.1 Å². The fourth-order valence-electron chi connectivity index (χ4n) is 0.559. The van der Waals surface area contributed by atoms with Crippen LogP contribution >= 0.6 is 0 Å². The van der Waals surface area contributed by atoms with Crippen LogP contribution in [0, 0.1) is 11.3 Å². The molecule has 0 aliphatic heterocycles. The molecular weight excluding hydrogens is 247 g/mol. The van der Waals surface area contributed by atoms with Crippen molar-refractivity contribution in [2.24, 2.45) is 0 Å². The van der Waals surface area contributed by atoms with Crippen LogP contribution in [0.15, 0.2) is 24.3 Å². The topological polar surface area (TPSA) is 46.8 Å². The summed E-state index contributed by atoms with van der Waals surface area (Å²) < 4.78 is 0. The number of rotatable bonds is 0. The van der Waals surface area contributed by atoms with Crippen molar-refractivity contribution >= 4 is 0 Å². The molecule has 0 radical (unpaired) electrons. The van der Waals surface area contributed by atoms with Crippen molar-refractivity contribution in [1.29, 1.82) is 5.26 Å². The number of nitriles is 1. The predicted octanol–water partition coefficient (Wildman–Crippen LogP) is -2.36. The molecule has 0 aliphatic rings. The largest absolute Gasteiger partial charge is 1.00 e. The fraction of sp³-hybridized carbons (Fsp3) is 0. The molecule has 0 spiro atoms. The molecule has 44 valence electrons. The van der Waals surface area contributed by atoms with Gasteiger partial charge in [0, 0.05) is 5.56 Å². The summed E-state index contributed by atoms with van der Waals surface area (Å²) in [5.41, 5.74) is 0.206. The van der Waals surface area contributed by atoms with Gasteiger partial charge in [0.05, 0.1) is 6.07 Å². The van der Waals surface area contributed by atoms with Gasteiger partial charge >= 0.3 is 68.9 Å². The second-order valence-electron chi connectivity index (χ2n) is 1.61. The SMILES string of the molecule is N#Cc1ccccc1[O-].[Cs+].